The van der Waals surface area contributed by atoms with Gasteiger partial charge in [0, 0.05) is 74.3 Å². The number of hydrogen-bond acceptors (Lipinski definition) is 25. The molecule has 34 heteroatoms. The van der Waals surface area contributed by atoms with E-state index < -0.39 is 145 Å². The van der Waals surface area contributed by atoms with Crippen LogP contribution in [0, 0.1) is 0 Å². The first-order chi connectivity index (χ1) is 23.1. The number of carboxylic acids is 12. The summed E-state index contributed by atoms with van der Waals surface area (Å²) in [6.45, 7) is 0. The Morgan fingerprint density at radius 3 is 0.517 bits per heavy atom. The Morgan fingerprint density at radius 2 is 0.448 bits per heavy atom. The molecule has 0 amide bonds. The molecule has 0 unspecified atom stereocenters. The second kappa shape index (κ2) is 34.0. The minimum Gasteiger partial charge on any atom is -0.550 e. The SMILES string of the molecule is O=C(O)CC(O)(CC(=O)O)C(=O)O.O=C([O-])CC(O)(CC(=O)[O-])C(=O)[O-].O=C([O-])CC(O)(CC(=O)[O-])C(=O)[O-].O=C([O-])CC(O)(CC(=O)[O-])C(=O)[O-].[Fe+2].[Fe+2].[Fe+2].[NH4+].[NH4+].[NH4+]. The van der Waals surface area contributed by atoms with E-state index in [1.54, 1.807) is 0 Å². The van der Waals surface area contributed by atoms with E-state index in [4.69, 9.17) is 35.7 Å². The van der Waals surface area contributed by atoms with Crippen molar-refractivity contribution in [3.8, 4) is 0 Å². The third-order valence-corrected chi connectivity index (χ3v) is 5.05. The fourth-order valence-corrected chi connectivity index (χ4v) is 2.77. The summed E-state index contributed by atoms with van der Waals surface area (Å²) in [5.74, 6) is -23.0. The molecule has 0 fully saturated rings. The molecule has 0 atom stereocenters. The van der Waals surface area contributed by atoms with Crippen molar-refractivity contribution >= 4 is 71.6 Å². The molecule has 0 aromatic heterocycles. The number of carboxylic acid groups (broad SMARTS) is 12. The van der Waals surface area contributed by atoms with Crippen LogP contribution in [0.5, 0.6) is 0 Å². The number of rotatable bonds is 20. The third kappa shape index (κ3) is 36.6. The maximum atomic E-state index is 10.3. The van der Waals surface area contributed by atoms with Crippen LogP contribution in [-0.2, 0) is 109 Å². The predicted molar refractivity (Wildman–Crippen MR) is 143 cm³/mol. The molecule has 19 N–H and O–H groups in total. The zero-order valence-electron chi connectivity index (χ0n) is 29.4. The molecular weight excluding hydrogens is 946 g/mol. The molecule has 0 saturated heterocycles. The van der Waals surface area contributed by atoms with Crippen LogP contribution in [-0.4, -0.2) is 130 Å². The summed E-state index contributed by atoms with van der Waals surface area (Å²) in [5.41, 5.74) is -11.7. The Morgan fingerprint density at radius 1 is 0.310 bits per heavy atom. The van der Waals surface area contributed by atoms with Gasteiger partial charge in [0.15, 0.2) is 5.60 Å². The zero-order chi connectivity index (χ0) is 42.6. The molecule has 0 spiro atoms. The van der Waals surface area contributed by atoms with E-state index in [9.17, 15) is 103 Å². The summed E-state index contributed by atoms with van der Waals surface area (Å²) in [7, 11) is 0. The first kappa shape index (κ1) is 77.4. The van der Waals surface area contributed by atoms with Crippen molar-refractivity contribution in [1.82, 2.24) is 18.5 Å². The van der Waals surface area contributed by atoms with Crippen molar-refractivity contribution in [2.75, 3.05) is 0 Å². The van der Waals surface area contributed by atoms with Crippen LogP contribution in [0.2, 0.25) is 0 Å². The van der Waals surface area contributed by atoms with Gasteiger partial charge in [-0.25, -0.2) is 4.79 Å². The topological polar surface area (TPSA) is 663 Å². The summed E-state index contributed by atoms with van der Waals surface area (Å²) in [4.78, 5) is 120. The average Bonchev–Trinajstić information content (AvgIpc) is 2.85. The predicted octanol–water partition coefficient (Wildman–Crippen LogP) is -15.9. The number of aliphatic carboxylic acids is 12. The van der Waals surface area contributed by atoms with E-state index in [1.807, 2.05) is 0 Å². The van der Waals surface area contributed by atoms with E-state index in [0.717, 1.165) is 0 Å². The molecule has 0 aromatic rings. The van der Waals surface area contributed by atoms with Gasteiger partial charge in [-0.05, 0) is 0 Å². The molecule has 0 saturated carbocycles. The second-order valence-corrected chi connectivity index (χ2v) is 9.73. The summed E-state index contributed by atoms with van der Waals surface area (Å²) >= 11 is 0. The van der Waals surface area contributed by atoms with Gasteiger partial charge in [-0.3, -0.25) is 9.59 Å². The van der Waals surface area contributed by atoms with Gasteiger partial charge in [0.05, 0.1) is 30.7 Å². The molecule has 0 aliphatic rings. The van der Waals surface area contributed by atoms with Gasteiger partial charge in [-0.2, -0.15) is 0 Å². The van der Waals surface area contributed by atoms with Gasteiger partial charge >= 0.3 is 69.1 Å². The van der Waals surface area contributed by atoms with E-state index in [-0.39, 0.29) is 69.7 Å². The Balaban J connectivity index is -0.0000000640. The van der Waals surface area contributed by atoms with Crippen LogP contribution in [0.3, 0.4) is 0 Å². The van der Waals surface area contributed by atoms with Crippen LogP contribution < -0.4 is 64.4 Å². The molecule has 338 valence electrons. The molecule has 0 radical (unpaired) electrons. The van der Waals surface area contributed by atoms with Gasteiger partial charge < -0.3 is 143 Å². The number of aliphatic hydroxyl groups is 4. The molecule has 0 bridgehead atoms. The molecule has 0 aromatic carbocycles. The summed E-state index contributed by atoms with van der Waals surface area (Å²) in [6, 6.07) is 0. The smallest absolute Gasteiger partial charge is 0.550 e. The van der Waals surface area contributed by atoms with Crippen molar-refractivity contribution in [2.45, 2.75) is 73.8 Å². The molecule has 0 aliphatic heterocycles. The van der Waals surface area contributed by atoms with Crippen LogP contribution in [0.4, 0.5) is 0 Å². The van der Waals surface area contributed by atoms with Crippen molar-refractivity contribution in [1.29, 1.82) is 0 Å². The first-order valence-electron chi connectivity index (χ1n) is 12.5. The quantitative estimate of drug-likeness (QED) is 0.0506. The normalized spacial score (nSPS) is 9.72. The van der Waals surface area contributed by atoms with Crippen LogP contribution >= 0.6 is 0 Å². The standard InChI is InChI=1S/4C6H8O7.3Fe.3H3N/c4*7-3(8)1-6(13,5(11)12)2-4(9)10;;;;;;/h4*13H,1-2H2,(H,7,8)(H,9,10)(H,11,12);;;;3*1H3/q;;;;3*+2;;;/p-6. The third-order valence-electron chi connectivity index (χ3n) is 5.05. The number of quaternary nitrogens is 3. The minimum atomic E-state index is -2.97. The van der Waals surface area contributed by atoms with Crippen molar-refractivity contribution < 1.29 is 190 Å². The minimum absolute atomic E-state index is 0. The maximum absolute atomic E-state index is 10.3. The second-order valence-electron chi connectivity index (χ2n) is 9.73. The van der Waals surface area contributed by atoms with E-state index in [1.165, 1.54) is 0 Å². The van der Waals surface area contributed by atoms with E-state index in [0.29, 0.717) is 0 Å². The molecule has 31 nitrogen and oxygen atoms in total. The molecule has 0 rings (SSSR count). The number of hydrogen-bond donors (Lipinski definition) is 10. The number of carbonyl (C=O) groups is 12. The van der Waals surface area contributed by atoms with Gasteiger partial charge in [-0.1, -0.05) is 0 Å². The summed E-state index contributed by atoms with van der Waals surface area (Å²) in [5, 5.41) is 151. The maximum Gasteiger partial charge on any atom is 2.00 e. The molecule has 0 heterocycles. The number of carbonyl (C=O) groups excluding carboxylic acids is 9. The van der Waals surface area contributed by atoms with Crippen molar-refractivity contribution in [3.63, 3.8) is 0 Å². The first-order valence-corrected chi connectivity index (χ1v) is 12.5. The van der Waals surface area contributed by atoms with E-state index in [2.05, 4.69) is 0 Å². The largest absolute Gasteiger partial charge is 2.00 e. The van der Waals surface area contributed by atoms with Crippen LogP contribution in [0.25, 0.3) is 0 Å². The van der Waals surface area contributed by atoms with E-state index >= 15 is 0 Å². The van der Waals surface area contributed by atoms with Crippen molar-refractivity contribution in [2.24, 2.45) is 0 Å². The summed E-state index contributed by atoms with van der Waals surface area (Å²) in [6.07, 6.45) is -10.4. The zero-order valence-corrected chi connectivity index (χ0v) is 32.7. The van der Waals surface area contributed by atoms with Crippen molar-refractivity contribution in [3.05, 3.63) is 0 Å². The molecule has 58 heavy (non-hydrogen) atoms. The fraction of sp³-hybridized carbons (Fsp3) is 0.500. The average molecular weight is 981 g/mol. The Hall–Kier alpha value is -5.08. The molecular formula is C24H35Fe3N3O28. The van der Waals surface area contributed by atoms with Crippen LogP contribution in [0.15, 0.2) is 0 Å². The van der Waals surface area contributed by atoms with Crippen LogP contribution in [0.1, 0.15) is 51.4 Å². The van der Waals surface area contributed by atoms with Gasteiger partial charge in [0.2, 0.25) is 0 Å². The monoisotopic (exact) mass is 981 g/mol. The Bertz CT molecular complexity index is 1150. The Kier molecular flexibility index (Phi) is 45.4. The van der Waals surface area contributed by atoms with Gasteiger partial charge in [0.25, 0.3) is 0 Å². The Labute approximate surface area is 353 Å². The summed E-state index contributed by atoms with van der Waals surface area (Å²) < 4.78 is 0. The fourth-order valence-electron chi connectivity index (χ4n) is 2.77. The van der Waals surface area contributed by atoms with Gasteiger partial charge in [0.1, 0.15) is 16.8 Å². The van der Waals surface area contributed by atoms with Gasteiger partial charge in [-0.15, -0.1) is 0 Å². The molecule has 0 aliphatic carbocycles.